The Bertz CT molecular complexity index is 344. The lowest BCUT2D eigenvalue weighted by Gasteiger charge is -2.19. The van der Waals surface area contributed by atoms with Crippen molar-refractivity contribution < 1.29 is 5.11 Å². The topological polar surface area (TPSA) is 36.4 Å². The van der Waals surface area contributed by atoms with E-state index >= 15 is 0 Å². The van der Waals surface area contributed by atoms with Gasteiger partial charge in [0, 0.05) is 25.0 Å². The van der Waals surface area contributed by atoms with Gasteiger partial charge in [-0.05, 0) is 30.4 Å². The molecule has 1 aromatic rings. The number of aryl methyl sites for hydroxylation is 1. The molecule has 0 aliphatic carbocycles. The van der Waals surface area contributed by atoms with Crippen molar-refractivity contribution in [1.29, 1.82) is 0 Å². The molecule has 0 aliphatic heterocycles. The summed E-state index contributed by atoms with van der Waals surface area (Å²) in [4.78, 5) is 6.78. The lowest BCUT2D eigenvalue weighted by molar-refractivity contribution is 0.281. The van der Waals surface area contributed by atoms with Crippen molar-refractivity contribution in [3.63, 3.8) is 0 Å². The molecule has 96 valence electrons. The van der Waals surface area contributed by atoms with E-state index in [1.165, 1.54) is 0 Å². The number of aliphatic hydroxyl groups is 1. The second-order valence-corrected chi connectivity index (χ2v) is 5.13. The molecule has 0 atom stereocenters. The molecule has 0 aliphatic rings. The number of rotatable bonds is 7. The van der Waals surface area contributed by atoms with Gasteiger partial charge in [-0.1, -0.05) is 13.3 Å². The fourth-order valence-corrected chi connectivity index (χ4v) is 2.10. The number of hydrogen-bond acceptors (Lipinski definition) is 4. The first-order valence-corrected chi connectivity index (χ1v) is 7.41. The van der Waals surface area contributed by atoms with Gasteiger partial charge >= 0.3 is 0 Å². The molecule has 0 fully saturated rings. The largest absolute Gasteiger partial charge is 0.392 e. The Kier molecular flexibility index (Phi) is 6.37. The molecule has 1 aromatic heterocycles. The van der Waals surface area contributed by atoms with Crippen molar-refractivity contribution in [2.45, 2.75) is 26.4 Å². The second kappa shape index (κ2) is 7.56. The first-order valence-electron chi connectivity index (χ1n) is 6.02. The standard InChI is InChI=1S/C13H22N2OS/c1-4-5-12-8-11(10-16)9-13(14-12)15(2)6-7-17-3/h8-9,16H,4-7,10H2,1-3H3. The number of aromatic nitrogens is 1. The maximum absolute atomic E-state index is 9.26. The van der Waals surface area contributed by atoms with Crippen LogP contribution in [0.15, 0.2) is 12.1 Å². The summed E-state index contributed by atoms with van der Waals surface area (Å²) in [6, 6.07) is 3.97. The Morgan fingerprint density at radius 3 is 2.76 bits per heavy atom. The first kappa shape index (κ1) is 14.3. The highest BCUT2D eigenvalue weighted by Crippen LogP contribution is 2.15. The van der Waals surface area contributed by atoms with Crippen LogP contribution in [-0.4, -0.2) is 35.7 Å². The van der Waals surface area contributed by atoms with Crippen LogP contribution in [0.4, 0.5) is 5.82 Å². The molecule has 0 spiro atoms. The molecular weight excluding hydrogens is 232 g/mol. The summed E-state index contributed by atoms with van der Waals surface area (Å²) in [5, 5.41) is 9.26. The van der Waals surface area contributed by atoms with E-state index in [-0.39, 0.29) is 6.61 Å². The highest BCUT2D eigenvalue weighted by molar-refractivity contribution is 7.98. The smallest absolute Gasteiger partial charge is 0.128 e. The van der Waals surface area contributed by atoms with Crippen molar-refractivity contribution in [2.24, 2.45) is 0 Å². The van der Waals surface area contributed by atoms with E-state index in [2.05, 4.69) is 30.1 Å². The Hall–Kier alpha value is -0.740. The van der Waals surface area contributed by atoms with Crippen molar-refractivity contribution >= 4 is 17.6 Å². The molecule has 1 rings (SSSR count). The number of hydrogen-bond donors (Lipinski definition) is 1. The third kappa shape index (κ3) is 4.56. The monoisotopic (exact) mass is 254 g/mol. The number of thioether (sulfide) groups is 1. The summed E-state index contributed by atoms with van der Waals surface area (Å²) in [6.07, 6.45) is 4.15. The second-order valence-electron chi connectivity index (χ2n) is 4.15. The van der Waals surface area contributed by atoms with Crippen molar-refractivity contribution in [3.05, 3.63) is 23.4 Å². The Balaban J connectivity index is 2.85. The maximum atomic E-state index is 9.26. The minimum absolute atomic E-state index is 0.0859. The highest BCUT2D eigenvalue weighted by Gasteiger charge is 2.06. The van der Waals surface area contributed by atoms with E-state index in [0.29, 0.717) is 0 Å². The molecule has 1 heterocycles. The van der Waals surface area contributed by atoms with Crippen LogP contribution in [0.5, 0.6) is 0 Å². The van der Waals surface area contributed by atoms with Crippen LogP contribution in [0.3, 0.4) is 0 Å². The number of aliphatic hydroxyl groups excluding tert-OH is 1. The zero-order valence-corrected chi connectivity index (χ0v) is 11.8. The van der Waals surface area contributed by atoms with E-state index in [0.717, 1.165) is 42.2 Å². The summed E-state index contributed by atoms with van der Waals surface area (Å²) >= 11 is 1.83. The van der Waals surface area contributed by atoms with E-state index in [1.807, 2.05) is 23.9 Å². The van der Waals surface area contributed by atoms with Crippen LogP contribution in [0.25, 0.3) is 0 Å². The summed E-state index contributed by atoms with van der Waals surface area (Å²) in [6.45, 7) is 3.21. The summed E-state index contributed by atoms with van der Waals surface area (Å²) < 4.78 is 0. The molecule has 0 aromatic carbocycles. The molecule has 0 unspecified atom stereocenters. The Morgan fingerprint density at radius 2 is 2.18 bits per heavy atom. The molecule has 0 saturated carbocycles. The van der Waals surface area contributed by atoms with Crippen LogP contribution >= 0.6 is 11.8 Å². The third-order valence-corrected chi connectivity index (χ3v) is 3.23. The zero-order chi connectivity index (χ0) is 12.7. The molecule has 0 saturated heterocycles. The fourth-order valence-electron chi connectivity index (χ4n) is 1.65. The predicted octanol–water partition coefficient (Wildman–Crippen LogP) is 2.33. The molecule has 1 N–H and O–H groups in total. The van der Waals surface area contributed by atoms with Crippen LogP contribution in [-0.2, 0) is 13.0 Å². The summed E-state index contributed by atoms with van der Waals surface area (Å²) in [5.41, 5.74) is 2.03. The van der Waals surface area contributed by atoms with Gasteiger partial charge in [0.1, 0.15) is 5.82 Å². The van der Waals surface area contributed by atoms with Crippen molar-refractivity contribution in [1.82, 2.24) is 4.98 Å². The minimum Gasteiger partial charge on any atom is -0.392 e. The number of anilines is 1. The zero-order valence-electron chi connectivity index (χ0n) is 10.9. The lowest BCUT2D eigenvalue weighted by Crippen LogP contribution is -2.22. The van der Waals surface area contributed by atoms with E-state index < -0.39 is 0 Å². The Morgan fingerprint density at radius 1 is 1.41 bits per heavy atom. The average molecular weight is 254 g/mol. The highest BCUT2D eigenvalue weighted by atomic mass is 32.2. The van der Waals surface area contributed by atoms with Crippen LogP contribution in [0.1, 0.15) is 24.6 Å². The number of pyridine rings is 1. The molecule has 17 heavy (non-hydrogen) atoms. The molecule has 0 bridgehead atoms. The number of nitrogens with zero attached hydrogens (tertiary/aromatic N) is 2. The molecule has 0 radical (unpaired) electrons. The average Bonchev–Trinajstić information content (AvgIpc) is 2.35. The minimum atomic E-state index is 0.0859. The van der Waals surface area contributed by atoms with Gasteiger partial charge in [-0.2, -0.15) is 11.8 Å². The normalized spacial score (nSPS) is 10.6. The predicted molar refractivity (Wildman–Crippen MR) is 75.8 cm³/mol. The van der Waals surface area contributed by atoms with Gasteiger partial charge < -0.3 is 10.0 Å². The first-order chi connectivity index (χ1) is 8.21. The van der Waals surface area contributed by atoms with Gasteiger partial charge in [0.05, 0.1) is 6.61 Å². The molecule has 0 amide bonds. The van der Waals surface area contributed by atoms with Crippen molar-refractivity contribution in [2.75, 3.05) is 30.5 Å². The quantitative estimate of drug-likeness (QED) is 0.810. The fraction of sp³-hybridized carbons (Fsp3) is 0.615. The summed E-state index contributed by atoms with van der Waals surface area (Å²) in [7, 11) is 2.05. The van der Waals surface area contributed by atoms with E-state index in [1.54, 1.807) is 0 Å². The van der Waals surface area contributed by atoms with Crippen LogP contribution < -0.4 is 4.90 Å². The summed E-state index contributed by atoms with van der Waals surface area (Å²) in [5.74, 6) is 2.05. The van der Waals surface area contributed by atoms with Gasteiger partial charge in [-0.3, -0.25) is 0 Å². The lowest BCUT2D eigenvalue weighted by atomic mass is 10.1. The van der Waals surface area contributed by atoms with Gasteiger partial charge in [-0.25, -0.2) is 4.98 Å². The maximum Gasteiger partial charge on any atom is 0.128 e. The van der Waals surface area contributed by atoms with Crippen molar-refractivity contribution in [3.8, 4) is 0 Å². The molecular formula is C13H22N2OS. The Labute approximate surface area is 108 Å². The van der Waals surface area contributed by atoms with E-state index in [9.17, 15) is 5.11 Å². The molecule has 4 heteroatoms. The molecule has 3 nitrogen and oxygen atoms in total. The van der Waals surface area contributed by atoms with Gasteiger partial charge in [0.2, 0.25) is 0 Å². The SMILES string of the molecule is CCCc1cc(CO)cc(N(C)CCSC)n1. The van der Waals surface area contributed by atoms with Gasteiger partial charge in [-0.15, -0.1) is 0 Å². The van der Waals surface area contributed by atoms with Gasteiger partial charge in [0.15, 0.2) is 0 Å². The third-order valence-electron chi connectivity index (χ3n) is 2.64. The van der Waals surface area contributed by atoms with Crippen LogP contribution in [0, 0.1) is 0 Å². The van der Waals surface area contributed by atoms with E-state index in [4.69, 9.17) is 0 Å². The van der Waals surface area contributed by atoms with Gasteiger partial charge in [0.25, 0.3) is 0 Å². The van der Waals surface area contributed by atoms with Crippen LogP contribution in [0.2, 0.25) is 0 Å².